The van der Waals surface area contributed by atoms with E-state index in [1.54, 1.807) is 24.3 Å². The number of ether oxygens (including phenoxy) is 1. The highest BCUT2D eigenvalue weighted by atomic mass is 16.5. The van der Waals surface area contributed by atoms with E-state index in [1.165, 1.54) is 18.0 Å². The zero-order chi connectivity index (χ0) is 13.1. The molecule has 2 rings (SSSR count). The van der Waals surface area contributed by atoms with Crippen LogP contribution in [0, 0.1) is 0 Å². The van der Waals surface area contributed by atoms with E-state index < -0.39 is 5.97 Å². The lowest BCUT2D eigenvalue weighted by Crippen LogP contribution is -2.11. The summed E-state index contributed by atoms with van der Waals surface area (Å²) in [5.74, 6) is -0.768. The molecule has 0 atom stereocenters. The van der Waals surface area contributed by atoms with Gasteiger partial charge in [-0.2, -0.15) is 5.10 Å². The first-order chi connectivity index (χ1) is 8.61. The molecule has 0 aliphatic carbocycles. The molecule has 94 valence electrons. The van der Waals surface area contributed by atoms with Crippen molar-refractivity contribution in [2.45, 2.75) is 6.54 Å². The van der Waals surface area contributed by atoms with Gasteiger partial charge < -0.3 is 14.9 Å². The van der Waals surface area contributed by atoms with Crippen LogP contribution in [0.25, 0.3) is 0 Å². The minimum Gasteiger partial charge on any atom is -0.508 e. The molecule has 0 radical (unpaired) electrons. The second-order valence-corrected chi connectivity index (χ2v) is 3.69. The highest BCUT2D eigenvalue weighted by molar-refractivity contribution is 5.88. The van der Waals surface area contributed by atoms with Crippen molar-refractivity contribution < 1.29 is 19.7 Å². The Kier molecular flexibility index (Phi) is 3.18. The van der Waals surface area contributed by atoms with Crippen LogP contribution >= 0.6 is 0 Å². The van der Waals surface area contributed by atoms with Gasteiger partial charge >= 0.3 is 5.97 Å². The zero-order valence-electron chi connectivity index (χ0n) is 9.70. The molecular weight excluding hydrogens is 236 g/mol. The smallest absolute Gasteiger partial charge is 0.358 e. The van der Waals surface area contributed by atoms with Crippen LogP contribution in [-0.2, 0) is 6.54 Å². The fourth-order valence-electron chi connectivity index (χ4n) is 1.68. The van der Waals surface area contributed by atoms with Crippen LogP contribution in [0.2, 0.25) is 0 Å². The molecule has 1 aromatic carbocycles. The number of methoxy groups -OCH3 is 1. The topological polar surface area (TPSA) is 84.6 Å². The van der Waals surface area contributed by atoms with Gasteiger partial charge in [0.05, 0.1) is 19.9 Å². The van der Waals surface area contributed by atoms with Crippen molar-refractivity contribution in [3.63, 3.8) is 0 Å². The molecule has 0 saturated heterocycles. The summed E-state index contributed by atoms with van der Waals surface area (Å²) in [4.78, 5) is 11.1. The Hall–Kier alpha value is -2.50. The summed E-state index contributed by atoms with van der Waals surface area (Å²) in [5, 5.41) is 22.4. The molecule has 1 aromatic heterocycles. The van der Waals surface area contributed by atoms with E-state index in [-0.39, 0.29) is 23.7 Å². The number of hydrogen-bond donors (Lipinski definition) is 2. The lowest BCUT2D eigenvalue weighted by atomic mass is 10.2. The first-order valence-corrected chi connectivity index (χ1v) is 5.23. The predicted molar refractivity (Wildman–Crippen MR) is 62.9 cm³/mol. The highest BCUT2D eigenvalue weighted by Gasteiger charge is 2.18. The molecule has 0 spiro atoms. The van der Waals surface area contributed by atoms with Gasteiger partial charge in [-0.25, -0.2) is 4.79 Å². The van der Waals surface area contributed by atoms with E-state index >= 15 is 0 Å². The fraction of sp³-hybridized carbons (Fsp3) is 0.167. The van der Waals surface area contributed by atoms with Crippen molar-refractivity contribution in [3.05, 3.63) is 41.7 Å². The number of carboxylic acids is 1. The standard InChI is InChI=1S/C12H12N2O4/c1-18-10-6-13-14(11(10)12(16)17)7-8-3-2-4-9(15)5-8/h2-6,15H,7H2,1H3,(H,16,17). The number of carboxylic acid groups (broad SMARTS) is 1. The number of hydrogen-bond acceptors (Lipinski definition) is 4. The predicted octanol–water partition coefficient (Wildman–Crippen LogP) is 1.34. The van der Waals surface area contributed by atoms with Gasteiger partial charge in [-0.15, -0.1) is 0 Å². The minimum absolute atomic E-state index is 0.0131. The Labute approximate surface area is 103 Å². The molecule has 6 nitrogen and oxygen atoms in total. The van der Waals surface area contributed by atoms with Gasteiger partial charge in [-0.3, -0.25) is 4.68 Å². The van der Waals surface area contributed by atoms with Crippen molar-refractivity contribution in [2.24, 2.45) is 0 Å². The molecule has 0 bridgehead atoms. The molecule has 2 N–H and O–H groups in total. The summed E-state index contributed by atoms with van der Waals surface area (Å²) in [5.41, 5.74) is 0.740. The number of nitrogens with zero attached hydrogens (tertiary/aromatic N) is 2. The van der Waals surface area contributed by atoms with Crippen LogP contribution in [0.15, 0.2) is 30.5 Å². The average Bonchev–Trinajstić information content (AvgIpc) is 2.72. The molecule has 0 aliphatic rings. The summed E-state index contributed by atoms with van der Waals surface area (Å²) in [6.45, 7) is 0.249. The van der Waals surface area contributed by atoms with Gasteiger partial charge in [0.1, 0.15) is 5.75 Å². The molecule has 1 heterocycles. The Morgan fingerprint density at radius 3 is 2.89 bits per heavy atom. The number of phenols is 1. The van der Waals surface area contributed by atoms with Crippen molar-refractivity contribution in [3.8, 4) is 11.5 Å². The number of rotatable bonds is 4. The van der Waals surface area contributed by atoms with E-state index in [4.69, 9.17) is 9.84 Å². The molecule has 0 fully saturated rings. The maximum Gasteiger partial charge on any atom is 0.358 e. The highest BCUT2D eigenvalue weighted by Crippen LogP contribution is 2.19. The van der Waals surface area contributed by atoms with Crippen LogP contribution in [0.5, 0.6) is 11.5 Å². The second kappa shape index (κ2) is 4.79. The van der Waals surface area contributed by atoms with E-state index in [2.05, 4.69) is 5.10 Å². The SMILES string of the molecule is COc1cnn(Cc2cccc(O)c2)c1C(=O)O. The lowest BCUT2D eigenvalue weighted by Gasteiger charge is -2.06. The Morgan fingerprint density at radius 2 is 2.28 bits per heavy atom. The van der Waals surface area contributed by atoms with Gasteiger partial charge in [0.25, 0.3) is 0 Å². The monoisotopic (exact) mass is 248 g/mol. The van der Waals surface area contributed by atoms with Gasteiger partial charge in [-0.1, -0.05) is 12.1 Å². The third kappa shape index (κ3) is 2.27. The summed E-state index contributed by atoms with van der Waals surface area (Å²) < 4.78 is 6.25. The van der Waals surface area contributed by atoms with Gasteiger partial charge in [0.2, 0.25) is 0 Å². The maximum atomic E-state index is 11.1. The van der Waals surface area contributed by atoms with Crippen LogP contribution in [-0.4, -0.2) is 33.1 Å². The number of benzene rings is 1. The molecular formula is C12H12N2O4. The van der Waals surface area contributed by atoms with Crippen molar-refractivity contribution in [1.82, 2.24) is 9.78 Å². The summed E-state index contributed by atoms with van der Waals surface area (Å²) in [6.07, 6.45) is 1.35. The number of aromatic carboxylic acids is 1. The number of phenolic OH excluding ortho intramolecular Hbond substituents is 1. The van der Waals surface area contributed by atoms with Gasteiger partial charge in [-0.05, 0) is 17.7 Å². The molecule has 0 saturated carbocycles. The van der Waals surface area contributed by atoms with Crippen LogP contribution in [0.4, 0.5) is 0 Å². The molecule has 6 heteroatoms. The number of carbonyl (C=O) groups is 1. The molecule has 2 aromatic rings. The first kappa shape index (κ1) is 12.0. The summed E-state index contributed by atoms with van der Waals surface area (Å²) >= 11 is 0. The third-order valence-corrected chi connectivity index (χ3v) is 2.47. The Balaban J connectivity index is 2.35. The third-order valence-electron chi connectivity index (χ3n) is 2.47. The molecule has 18 heavy (non-hydrogen) atoms. The van der Waals surface area contributed by atoms with Crippen molar-refractivity contribution in [2.75, 3.05) is 7.11 Å². The average molecular weight is 248 g/mol. The van der Waals surface area contributed by atoms with Crippen molar-refractivity contribution in [1.29, 1.82) is 0 Å². The number of aromatic hydroxyl groups is 1. The van der Waals surface area contributed by atoms with E-state index in [0.717, 1.165) is 5.56 Å². The summed E-state index contributed by atoms with van der Waals surface area (Å²) in [7, 11) is 1.39. The molecule has 0 aliphatic heterocycles. The fourth-order valence-corrected chi connectivity index (χ4v) is 1.68. The van der Waals surface area contributed by atoms with Gasteiger partial charge in [0.15, 0.2) is 11.4 Å². The van der Waals surface area contributed by atoms with E-state index in [0.29, 0.717) is 0 Å². The van der Waals surface area contributed by atoms with Crippen LogP contribution < -0.4 is 4.74 Å². The Bertz CT molecular complexity index is 577. The van der Waals surface area contributed by atoms with Crippen LogP contribution in [0.3, 0.4) is 0 Å². The van der Waals surface area contributed by atoms with Crippen LogP contribution in [0.1, 0.15) is 16.1 Å². The van der Waals surface area contributed by atoms with E-state index in [1.807, 2.05) is 0 Å². The van der Waals surface area contributed by atoms with Crippen molar-refractivity contribution >= 4 is 5.97 Å². The molecule has 0 unspecified atom stereocenters. The lowest BCUT2D eigenvalue weighted by molar-refractivity contribution is 0.0680. The quantitative estimate of drug-likeness (QED) is 0.853. The summed E-state index contributed by atoms with van der Waals surface area (Å²) in [6, 6.07) is 6.57. The van der Waals surface area contributed by atoms with E-state index in [9.17, 15) is 9.90 Å². The molecule has 0 amide bonds. The Morgan fingerprint density at radius 1 is 1.50 bits per heavy atom. The van der Waals surface area contributed by atoms with Gasteiger partial charge in [0, 0.05) is 0 Å². The first-order valence-electron chi connectivity index (χ1n) is 5.23. The maximum absolute atomic E-state index is 11.1. The minimum atomic E-state index is -1.11. The second-order valence-electron chi connectivity index (χ2n) is 3.69. The largest absolute Gasteiger partial charge is 0.508 e. The number of aromatic nitrogens is 2. The normalized spacial score (nSPS) is 10.3. The zero-order valence-corrected chi connectivity index (χ0v) is 9.70.